The van der Waals surface area contributed by atoms with Crippen LogP contribution < -0.4 is 5.73 Å². The molecule has 2 N–H and O–H groups in total. The molecule has 0 saturated heterocycles. The van der Waals surface area contributed by atoms with Gasteiger partial charge < -0.3 is 5.73 Å². The predicted octanol–water partition coefficient (Wildman–Crippen LogP) is 3.29. The van der Waals surface area contributed by atoms with Gasteiger partial charge in [-0.25, -0.2) is 0 Å². The highest BCUT2D eigenvalue weighted by Crippen LogP contribution is 2.36. The number of halogens is 1. The van der Waals surface area contributed by atoms with Crippen molar-refractivity contribution in [2.24, 2.45) is 5.73 Å². The average Bonchev–Trinajstić information content (AvgIpc) is 2.14. The van der Waals surface area contributed by atoms with E-state index in [0.717, 1.165) is 24.3 Å². The van der Waals surface area contributed by atoms with Gasteiger partial charge >= 0.3 is 0 Å². The van der Waals surface area contributed by atoms with E-state index < -0.39 is 0 Å². The van der Waals surface area contributed by atoms with E-state index >= 15 is 0 Å². The minimum absolute atomic E-state index is 0.191. The SMILES string of the molecule is Cc1cc(Cl)c2c(c1C)C(N)CCC2. The maximum atomic E-state index is 6.23. The van der Waals surface area contributed by atoms with Crippen molar-refractivity contribution in [3.63, 3.8) is 0 Å². The number of rotatable bonds is 0. The van der Waals surface area contributed by atoms with Crippen LogP contribution in [0.3, 0.4) is 0 Å². The molecular weight excluding hydrogens is 194 g/mol. The maximum Gasteiger partial charge on any atom is 0.0444 e. The first kappa shape index (κ1) is 10.0. The van der Waals surface area contributed by atoms with Crippen LogP contribution in [0.15, 0.2) is 6.07 Å². The summed E-state index contributed by atoms with van der Waals surface area (Å²) >= 11 is 6.23. The zero-order valence-electron chi connectivity index (χ0n) is 8.73. The first-order chi connectivity index (χ1) is 6.61. The van der Waals surface area contributed by atoms with Gasteiger partial charge in [0.1, 0.15) is 0 Å². The molecule has 14 heavy (non-hydrogen) atoms. The van der Waals surface area contributed by atoms with Crippen LogP contribution in [0.5, 0.6) is 0 Å². The van der Waals surface area contributed by atoms with Gasteiger partial charge in [0.15, 0.2) is 0 Å². The highest BCUT2D eigenvalue weighted by molar-refractivity contribution is 6.31. The number of fused-ring (bicyclic) bond motifs is 1. The van der Waals surface area contributed by atoms with Gasteiger partial charge in [-0.15, -0.1) is 0 Å². The third-order valence-corrected chi connectivity index (χ3v) is 3.60. The summed E-state index contributed by atoms with van der Waals surface area (Å²) < 4.78 is 0. The monoisotopic (exact) mass is 209 g/mol. The van der Waals surface area contributed by atoms with Crippen molar-refractivity contribution in [3.05, 3.63) is 33.3 Å². The smallest absolute Gasteiger partial charge is 0.0444 e. The molecule has 0 aromatic heterocycles. The first-order valence-corrected chi connectivity index (χ1v) is 5.53. The second kappa shape index (κ2) is 3.56. The van der Waals surface area contributed by atoms with E-state index in [2.05, 4.69) is 19.9 Å². The summed E-state index contributed by atoms with van der Waals surface area (Å²) in [7, 11) is 0. The standard InChI is InChI=1S/C12H16ClN/c1-7-6-10(13)9-4-3-5-11(14)12(9)8(7)2/h6,11H,3-5,14H2,1-2H3. The molecule has 0 radical (unpaired) electrons. The van der Waals surface area contributed by atoms with Gasteiger partial charge in [-0.1, -0.05) is 11.6 Å². The Morgan fingerprint density at radius 3 is 2.86 bits per heavy atom. The third kappa shape index (κ3) is 1.45. The molecule has 1 atom stereocenters. The zero-order valence-corrected chi connectivity index (χ0v) is 9.49. The molecule has 0 saturated carbocycles. The number of nitrogens with two attached hydrogens (primary N) is 1. The first-order valence-electron chi connectivity index (χ1n) is 5.15. The molecule has 0 spiro atoms. The van der Waals surface area contributed by atoms with Crippen LogP contribution >= 0.6 is 11.6 Å². The maximum absolute atomic E-state index is 6.23. The summed E-state index contributed by atoms with van der Waals surface area (Å²) in [5.74, 6) is 0. The van der Waals surface area contributed by atoms with Crippen LogP contribution in [0, 0.1) is 13.8 Å². The lowest BCUT2D eigenvalue weighted by Gasteiger charge is -2.26. The van der Waals surface area contributed by atoms with E-state index in [9.17, 15) is 0 Å². The topological polar surface area (TPSA) is 26.0 Å². The lowest BCUT2D eigenvalue weighted by Crippen LogP contribution is -2.19. The molecule has 0 aliphatic heterocycles. The Morgan fingerprint density at radius 1 is 1.43 bits per heavy atom. The summed E-state index contributed by atoms with van der Waals surface area (Å²) in [5, 5.41) is 0.901. The third-order valence-electron chi connectivity index (χ3n) is 3.26. The van der Waals surface area contributed by atoms with Gasteiger partial charge in [0.2, 0.25) is 0 Å². The van der Waals surface area contributed by atoms with Crippen molar-refractivity contribution >= 4 is 11.6 Å². The van der Waals surface area contributed by atoms with Crippen LogP contribution in [-0.4, -0.2) is 0 Å². The quantitative estimate of drug-likeness (QED) is 0.697. The molecule has 2 rings (SSSR count). The second-order valence-corrected chi connectivity index (χ2v) is 4.60. The Hall–Kier alpha value is -0.530. The molecule has 0 amide bonds. The van der Waals surface area contributed by atoms with E-state index in [4.69, 9.17) is 17.3 Å². The molecule has 1 unspecified atom stereocenters. The fourth-order valence-electron chi connectivity index (χ4n) is 2.35. The lowest BCUT2D eigenvalue weighted by atomic mass is 9.84. The summed E-state index contributed by atoms with van der Waals surface area (Å²) in [4.78, 5) is 0. The molecule has 1 nitrogen and oxygen atoms in total. The van der Waals surface area contributed by atoms with Gasteiger partial charge in [-0.2, -0.15) is 0 Å². The molecule has 1 aliphatic rings. The van der Waals surface area contributed by atoms with Crippen LogP contribution in [0.1, 0.15) is 41.1 Å². The number of benzene rings is 1. The molecule has 0 bridgehead atoms. The van der Waals surface area contributed by atoms with Gasteiger partial charge in [0.25, 0.3) is 0 Å². The van der Waals surface area contributed by atoms with Crippen LogP contribution in [-0.2, 0) is 6.42 Å². The highest BCUT2D eigenvalue weighted by atomic mass is 35.5. The Morgan fingerprint density at radius 2 is 2.14 bits per heavy atom. The fourth-order valence-corrected chi connectivity index (χ4v) is 2.71. The molecule has 0 heterocycles. The Labute approximate surface area is 90.3 Å². The van der Waals surface area contributed by atoms with Gasteiger partial charge in [-0.05, 0) is 61.4 Å². The van der Waals surface area contributed by atoms with Crippen molar-refractivity contribution < 1.29 is 0 Å². The predicted molar refractivity (Wildman–Crippen MR) is 60.8 cm³/mol. The number of hydrogen-bond donors (Lipinski definition) is 1. The highest BCUT2D eigenvalue weighted by Gasteiger charge is 2.21. The Bertz CT molecular complexity index is 371. The lowest BCUT2D eigenvalue weighted by molar-refractivity contribution is 0.567. The molecule has 1 aromatic rings. The van der Waals surface area contributed by atoms with Crippen LogP contribution in [0.4, 0.5) is 0 Å². The van der Waals surface area contributed by atoms with Crippen molar-refractivity contribution in [1.29, 1.82) is 0 Å². The molecular formula is C12H16ClN. The zero-order chi connectivity index (χ0) is 10.3. The molecule has 1 aromatic carbocycles. The van der Waals surface area contributed by atoms with E-state index in [1.54, 1.807) is 0 Å². The second-order valence-electron chi connectivity index (χ2n) is 4.19. The normalized spacial score (nSPS) is 20.7. The largest absolute Gasteiger partial charge is 0.324 e. The Kier molecular flexibility index (Phi) is 2.54. The average molecular weight is 210 g/mol. The van der Waals surface area contributed by atoms with E-state index in [1.165, 1.54) is 22.3 Å². The minimum Gasteiger partial charge on any atom is -0.324 e. The Balaban J connectivity index is 2.67. The van der Waals surface area contributed by atoms with Crippen molar-refractivity contribution in [2.45, 2.75) is 39.2 Å². The van der Waals surface area contributed by atoms with Crippen LogP contribution in [0.25, 0.3) is 0 Å². The summed E-state index contributed by atoms with van der Waals surface area (Å²) in [6.07, 6.45) is 3.34. The van der Waals surface area contributed by atoms with Crippen LogP contribution in [0.2, 0.25) is 5.02 Å². The molecule has 76 valence electrons. The molecule has 0 fully saturated rings. The van der Waals surface area contributed by atoms with Crippen molar-refractivity contribution in [2.75, 3.05) is 0 Å². The van der Waals surface area contributed by atoms with E-state index in [-0.39, 0.29) is 6.04 Å². The number of hydrogen-bond acceptors (Lipinski definition) is 1. The van der Waals surface area contributed by atoms with E-state index in [1.807, 2.05) is 0 Å². The minimum atomic E-state index is 0.191. The van der Waals surface area contributed by atoms with Crippen molar-refractivity contribution in [3.8, 4) is 0 Å². The fraction of sp³-hybridized carbons (Fsp3) is 0.500. The van der Waals surface area contributed by atoms with Gasteiger partial charge in [0, 0.05) is 11.1 Å². The number of aryl methyl sites for hydroxylation is 1. The van der Waals surface area contributed by atoms with E-state index in [0.29, 0.717) is 0 Å². The summed E-state index contributed by atoms with van der Waals surface area (Å²) in [6, 6.07) is 2.25. The van der Waals surface area contributed by atoms with Gasteiger partial charge in [-0.3, -0.25) is 0 Å². The van der Waals surface area contributed by atoms with Gasteiger partial charge in [0.05, 0.1) is 0 Å². The molecule has 2 heteroatoms. The van der Waals surface area contributed by atoms with Crippen molar-refractivity contribution in [1.82, 2.24) is 0 Å². The summed E-state index contributed by atoms with van der Waals surface area (Å²) in [5.41, 5.74) is 11.3. The summed E-state index contributed by atoms with van der Waals surface area (Å²) in [6.45, 7) is 4.25. The molecule has 1 aliphatic carbocycles.